The van der Waals surface area contributed by atoms with E-state index in [1.165, 1.54) is 17.1 Å². The van der Waals surface area contributed by atoms with Crippen molar-refractivity contribution < 1.29 is 22.7 Å². The molecule has 2 aromatic rings. The average molecular weight is 477 g/mol. The minimum atomic E-state index is -3.50. The summed E-state index contributed by atoms with van der Waals surface area (Å²) in [5, 5.41) is 3.90. The molecule has 9 heteroatoms. The number of esters is 1. The molecule has 7 nitrogen and oxygen atoms in total. The summed E-state index contributed by atoms with van der Waals surface area (Å²) in [5.41, 5.74) is 1.69. The lowest BCUT2D eigenvalue weighted by atomic mass is 10.2. The molecular weight excluding hydrogens is 448 g/mol. The predicted octanol–water partition coefficient (Wildman–Crippen LogP) is 3.53. The van der Waals surface area contributed by atoms with Crippen LogP contribution in [0.15, 0.2) is 52.1 Å². The van der Waals surface area contributed by atoms with Gasteiger partial charge in [0.25, 0.3) is 5.91 Å². The maximum Gasteiger partial charge on any atom is 0.331 e. The van der Waals surface area contributed by atoms with Crippen LogP contribution in [0.25, 0.3) is 6.08 Å². The number of amides is 1. The minimum absolute atomic E-state index is 0.249. The zero-order chi connectivity index (χ0) is 23.0. The molecule has 1 aromatic heterocycles. The van der Waals surface area contributed by atoms with E-state index in [0.717, 1.165) is 31.2 Å². The zero-order valence-corrected chi connectivity index (χ0v) is 19.7. The summed E-state index contributed by atoms with van der Waals surface area (Å²) in [7, 11) is -1.84. The number of carbonyl (C=O) groups is 2. The van der Waals surface area contributed by atoms with Gasteiger partial charge in [0.2, 0.25) is 10.0 Å². The molecule has 0 saturated carbocycles. The van der Waals surface area contributed by atoms with E-state index in [4.69, 9.17) is 4.74 Å². The quantitative estimate of drug-likeness (QED) is 0.430. The molecule has 1 saturated heterocycles. The van der Waals surface area contributed by atoms with E-state index in [1.54, 1.807) is 47.0 Å². The average Bonchev–Trinajstić information content (AvgIpc) is 3.14. The largest absolute Gasteiger partial charge is 0.452 e. The van der Waals surface area contributed by atoms with Gasteiger partial charge in [-0.05, 0) is 59.0 Å². The van der Waals surface area contributed by atoms with Crippen molar-refractivity contribution >= 4 is 39.3 Å². The Bertz CT molecular complexity index is 1020. The van der Waals surface area contributed by atoms with Crippen molar-refractivity contribution in [1.82, 2.24) is 9.21 Å². The van der Waals surface area contributed by atoms with E-state index in [1.807, 2.05) is 16.8 Å². The number of thiophene rings is 1. The van der Waals surface area contributed by atoms with E-state index in [2.05, 4.69) is 0 Å². The summed E-state index contributed by atoms with van der Waals surface area (Å²) in [6, 6.07) is 8.33. The molecule has 172 valence electrons. The Hall–Kier alpha value is -2.49. The van der Waals surface area contributed by atoms with Gasteiger partial charge in [-0.15, -0.1) is 0 Å². The van der Waals surface area contributed by atoms with Gasteiger partial charge in [0.05, 0.1) is 4.90 Å². The first kappa shape index (κ1) is 24.2. The molecule has 0 radical (unpaired) electrons. The maximum absolute atomic E-state index is 12.8. The third-order valence-electron chi connectivity index (χ3n) is 5.26. The molecule has 1 fully saturated rings. The van der Waals surface area contributed by atoms with Gasteiger partial charge >= 0.3 is 5.97 Å². The number of sulfonamides is 1. The van der Waals surface area contributed by atoms with Crippen molar-refractivity contribution in [1.29, 1.82) is 0 Å². The minimum Gasteiger partial charge on any atom is -0.452 e. The van der Waals surface area contributed by atoms with Gasteiger partial charge in [-0.3, -0.25) is 4.79 Å². The molecule has 0 spiro atoms. The summed E-state index contributed by atoms with van der Waals surface area (Å²) in [5.74, 6) is -0.926. The lowest BCUT2D eigenvalue weighted by molar-refractivity contribution is -0.147. The highest BCUT2D eigenvalue weighted by molar-refractivity contribution is 7.89. The molecule has 0 atom stereocenters. The maximum atomic E-state index is 12.8. The van der Waals surface area contributed by atoms with Crippen LogP contribution in [0.1, 0.15) is 36.8 Å². The Morgan fingerprint density at radius 2 is 1.78 bits per heavy atom. The fraction of sp³-hybridized carbons (Fsp3) is 0.391. The van der Waals surface area contributed by atoms with E-state index < -0.39 is 16.0 Å². The van der Waals surface area contributed by atoms with Crippen molar-refractivity contribution in [2.75, 3.05) is 26.7 Å². The van der Waals surface area contributed by atoms with Crippen LogP contribution in [-0.2, 0) is 30.9 Å². The number of carbonyl (C=O) groups excluding carboxylic acids is 2. The second kappa shape index (κ2) is 11.4. The van der Waals surface area contributed by atoms with E-state index in [-0.39, 0.29) is 17.4 Å². The summed E-state index contributed by atoms with van der Waals surface area (Å²) in [4.78, 5) is 25.8. The zero-order valence-electron chi connectivity index (χ0n) is 18.1. The molecule has 3 rings (SSSR count). The van der Waals surface area contributed by atoms with Crippen LogP contribution in [0.2, 0.25) is 0 Å². The molecule has 0 N–H and O–H groups in total. The third-order valence-corrected chi connectivity index (χ3v) is 7.90. The molecule has 1 aliphatic rings. The van der Waals surface area contributed by atoms with Crippen LogP contribution in [0.3, 0.4) is 0 Å². The van der Waals surface area contributed by atoms with Crippen molar-refractivity contribution in [3.8, 4) is 0 Å². The predicted molar refractivity (Wildman–Crippen MR) is 124 cm³/mol. The van der Waals surface area contributed by atoms with Crippen molar-refractivity contribution in [2.24, 2.45) is 0 Å². The van der Waals surface area contributed by atoms with Crippen LogP contribution in [-0.4, -0.2) is 56.2 Å². The van der Waals surface area contributed by atoms with Gasteiger partial charge in [-0.2, -0.15) is 15.6 Å². The smallest absolute Gasteiger partial charge is 0.331 e. The van der Waals surface area contributed by atoms with E-state index >= 15 is 0 Å². The standard InChI is InChI=1S/C23H28N2O5S2/c1-24(16-20-12-15-31-18-20)22(26)17-30-23(27)11-8-19-6-9-21(10-7-19)32(28,29)25-13-4-2-3-5-14-25/h6-12,15,18H,2-5,13-14,16-17H2,1H3/b11-8+. The van der Waals surface area contributed by atoms with Crippen molar-refractivity contribution in [3.63, 3.8) is 0 Å². The number of benzene rings is 1. The van der Waals surface area contributed by atoms with E-state index in [0.29, 0.717) is 25.2 Å². The van der Waals surface area contributed by atoms with Gasteiger partial charge < -0.3 is 9.64 Å². The molecule has 2 heterocycles. The second-order valence-electron chi connectivity index (χ2n) is 7.71. The molecule has 1 amide bonds. The lowest BCUT2D eigenvalue weighted by Crippen LogP contribution is -2.31. The fourth-order valence-corrected chi connectivity index (χ4v) is 5.56. The number of hydrogen-bond acceptors (Lipinski definition) is 6. The lowest BCUT2D eigenvalue weighted by Gasteiger charge is -2.19. The highest BCUT2D eigenvalue weighted by Crippen LogP contribution is 2.21. The molecular formula is C23H28N2O5S2. The fourth-order valence-electron chi connectivity index (χ4n) is 3.38. The SMILES string of the molecule is CN(Cc1ccsc1)C(=O)COC(=O)/C=C/c1ccc(S(=O)(=O)N2CCCCCC2)cc1. The van der Waals surface area contributed by atoms with Crippen LogP contribution in [0.5, 0.6) is 0 Å². The van der Waals surface area contributed by atoms with Gasteiger partial charge in [-0.1, -0.05) is 25.0 Å². The van der Waals surface area contributed by atoms with E-state index in [9.17, 15) is 18.0 Å². The molecule has 32 heavy (non-hydrogen) atoms. The highest BCUT2D eigenvalue weighted by Gasteiger charge is 2.24. The van der Waals surface area contributed by atoms with Crippen LogP contribution in [0.4, 0.5) is 0 Å². The number of likely N-dealkylation sites (N-methyl/N-ethyl adjacent to an activating group) is 1. The van der Waals surface area contributed by atoms with Crippen LogP contribution in [0, 0.1) is 0 Å². The van der Waals surface area contributed by atoms with Crippen molar-refractivity contribution in [2.45, 2.75) is 37.1 Å². The molecule has 0 unspecified atom stereocenters. The van der Waals surface area contributed by atoms with Gasteiger partial charge in [0.1, 0.15) is 0 Å². The summed E-state index contributed by atoms with van der Waals surface area (Å²) in [6.45, 7) is 1.23. The summed E-state index contributed by atoms with van der Waals surface area (Å²) in [6.07, 6.45) is 6.64. The first-order chi connectivity index (χ1) is 15.4. The third kappa shape index (κ3) is 6.75. The molecule has 0 aliphatic carbocycles. The summed E-state index contributed by atoms with van der Waals surface area (Å²) < 4.78 is 32.2. The summed E-state index contributed by atoms with van der Waals surface area (Å²) >= 11 is 1.56. The molecule has 0 bridgehead atoms. The van der Waals surface area contributed by atoms with Gasteiger partial charge in [0.15, 0.2) is 6.61 Å². The highest BCUT2D eigenvalue weighted by atomic mass is 32.2. The number of rotatable bonds is 8. The first-order valence-electron chi connectivity index (χ1n) is 10.6. The normalized spacial score (nSPS) is 15.4. The monoisotopic (exact) mass is 476 g/mol. The van der Waals surface area contributed by atoms with Crippen molar-refractivity contribution in [3.05, 3.63) is 58.3 Å². The number of ether oxygens (including phenoxy) is 1. The Kier molecular flexibility index (Phi) is 8.60. The first-order valence-corrected chi connectivity index (χ1v) is 12.9. The van der Waals surface area contributed by atoms with Crippen LogP contribution >= 0.6 is 11.3 Å². The Morgan fingerprint density at radius 1 is 1.09 bits per heavy atom. The topological polar surface area (TPSA) is 84.0 Å². The van der Waals surface area contributed by atoms with Gasteiger partial charge in [0, 0.05) is 32.8 Å². The molecule has 1 aliphatic heterocycles. The Morgan fingerprint density at radius 3 is 2.41 bits per heavy atom. The number of nitrogens with zero attached hydrogens (tertiary/aromatic N) is 2. The second-order valence-corrected chi connectivity index (χ2v) is 10.4. The molecule has 1 aromatic carbocycles. The Balaban J connectivity index is 1.50. The number of hydrogen-bond donors (Lipinski definition) is 0. The Labute approximate surface area is 193 Å². The van der Waals surface area contributed by atoms with Crippen LogP contribution < -0.4 is 0 Å². The van der Waals surface area contributed by atoms with Gasteiger partial charge in [-0.25, -0.2) is 13.2 Å².